The summed E-state index contributed by atoms with van der Waals surface area (Å²) in [5.41, 5.74) is -0.732. The Morgan fingerprint density at radius 2 is 2.15 bits per heavy atom. The van der Waals surface area contributed by atoms with Gasteiger partial charge in [-0.1, -0.05) is 11.6 Å². The molecule has 1 N–H and O–H groups in total. The number of aromatic hydroxyl groups is 1. The molecule has 0 bridgehead atoms. The molecule has 5 nitrogen and oxygen atoms in total. The third-order valence-electron chi connectivity index (χ3n) is 1.45. The van der Waals surface area contributed by atoms with Gasteiger partial charge >= 0.3 is 0 Å². The molecule has 0 amide bonds. The van der Waals surface area contributed by atoms with Crippen LogP contribution in [0.3, 0.4) is 0 Å². The SMILES string of the molecule is O=Cc1c([N+](=O)[O-])ccc(O)c1Cl. The molecular weight excluding hydrogens is 198 g/mol. The summed E-state index contributed by atoms with van der Waals surface area (Å²) in [5, 5.41) is 19.1. The number of aldehydes is 1. The number of halogens is 1. The average Bonchev–Trinajstić information content (AvgIpc) is 2.09. The van der Waals surface area contributed by atoms with Gasteiger partial charge in [0.2, 0.25) is 0 Å². The van der Waals surface area contributed by atoms with Crippen LogP contribution in [0, 0.1) is 10.1 Å². The van der Waals surface area contributed by atoms with Crippen molar-refractivity contribution in [1.82, 2.24) is 0 Å². The Kier molecular flexibility index (Phi) is 2.48. The average molecular weight is 202 g/mol. The van der Waals surface area contributed by atoms with E-state index in [-0.39, 0.29) is 22.6 Å². The molecule has 0 saturated carbocycles. The van der Waals surface area contributed by atoms with Gasteiger partial charge in [0.25, 0.3) is 5.69 Å². The molecule has 68 valence electrons. The van der Waals surface area contributed by atoms with Crippen molar-refractivity contribution in [3.8, 4) is 5.75 Å². The minimum absolute atomic E-state index is 0.236. The third kappa shape index (κ3) is 1.59. The van der Waals surface area contributed by atoms with Crippen molar-refractivity contribution in [2.45, 2.75) is 0 Å². The van der Waals surface area contributed by atoms with Crippen molar-refractivity contribution in [2.75, 3.05) is 0 Å². The highest BCUT2D eigenvalue weighted by molar-refractivity contribution is 6.34. The fraction of sp³-hybridized carbons (Fsp3) is 0. The van der Waals surface area contributed by atoms with Crippen LogP contribution >= 0.6 is 11.6 Å². The highest BCUT2D eigenvalue weighted by Crippen LogP contribution is 2.32. The molecule has 0 fully saturated rings. The molecule has 0 aromatic heterocycles. The quantitative estimate of drug-likeness (QED) is 0.449. The van der Waals surface area contributed by atoms with Crippen LogP contribution in [0.25, 0.3) is 0 Å². The molecule has 0 spiro atoms. The predicted molar refractivity (Wildman–Crippen MR) is 45.2 cm³/mol. The van der Waals surface area contributed by atoms with E-state index >= 15 is 0 Å². The van der Waals surface area contributed by atoms with E-state index in [9.17, 15) is 14.9 Å². The van der Waals surface area contributed by atoms with E-state index in [1.807, 2.05) is 0 Å². The Balaban J connectivity index is 3.47. The second kappa shape index (κ2) is 3.40. The van der Waals surface area contributed by atoms with Crippen molar-refractivity contribution in [1.29, 1.82) is 0 Å². The van der Waals surface area contributed by atoms with Crippen LogP contribution in [0.1, 0.15) is 10.4 Å². The van der Waals surface area contributed by atoms with Crippen molar-refractivity contribution >= 4 is 23.6 Å². The molecule has 0 aliphatic rings. The number of nitro groups is 1. The second-order valence-electron chi connectivity index (χ2n) is 2.21. The first kappa shape index (κ1) is 9.47. The van der Waals surface area contributed by atoms with Crippen LogP contribution in [-0.4, -0.2) is 16.3 Å². The van der Waals surface area contributed by atoms with E-state index in [1.54, 1.807) is 0 Å². The fourth-order valence-electron chi connectivity index (χ4n) is 0.843. The molecule has 13 heavy (non-hydrogen) atoms. The lowest BCUT2D eigenvalue weighted by molar-refractivity contribution is -0.385. The summed E-state index contributed by atoms with van der Waals surface area (Å²) in [6.07, 6.45) is 0.236. The molecule has 0 unspecified atom stereocenters. The molecular formula is C7H4ClNO4. The zero-order valence-corrected chi connectivity index (χ0v) is 6.99. The lowest BCUT2D eigenvalue weighted by atomic mass is 10.2. The molecule has 0 heterocycles. The van der Waals surface area contributed by atoms with Gasteiger partial charge in [-0.2, -0.15) is 0 Å². The molecule has 6 heteroatoms. The Morgan fingerprint density at radius 1 is 1.54 bits per heavy atom. The highest BCUT2D eigenvalue weighted by atomic mass is 35.5. The molecule has 0 radical (unpaired) electrons. The van der Waals surface area contributed by atoms with Gasteiger partial charge < -0.3 is 5.11 Å². The Labute approximate surface area is 77.7 Å². The van der Waals surface area contributed by atoms with E-state index in [2.05, 4.69) is 0 Å². The molecule has 0 saturated heterocycles. The van der Waals surface area contributed by atoms with Gasteiger partial charge in [0.15, 0.2) is 6.29 Å². The minimum Gasteiger partial charge on any atom is -0.506 e. The van der Waals surface area contributed by atoms with Crippen LogP contribution in [0.4, 0.5) is 5.69 Å². The predicted octanol–water partition coefficient (Wildman–Crippen LogP) is 1.77. The zero-order chi connectivity index (χ0) is 10.0. The number of nitro benzene ring substituents is 1. The maximum Gasteiger partial charge on any atom is 0.281 e. The topological polar surface area (TPSA) is 80.4 Å². The first-order valence-electron chi connectivity index (χ1n) is 3.19. The lowest BCUT2D eigenvalue weighted by Crippen LogP contribution is -1.94. The number of phenolic OH excluding ortho intramolecular Hbond substituents is 1. The van der Waals surface area contributed by atoms with Gasteiger partial charge in [-0.05, 0) is 6.07 Å². The maximum atomic E-state index is 10.4. The summed E-state index contributed by atoms with van der Waals surface area (Å²) in [7, 11) is 0. The van der Waals surface area contributed by atoms with Crippen molar-refractivity contribution < 1.29 is 14.8 Å². The van der Waals surface area contributed by atoms with Crippen molar-refractivity contribution in [3.05, 3.63) is 32.8 Å². The second-order valence-corrected chi connectivity index (χ2v) is 2.58. The number of carbonyl (C=O) groups excluding carboxylic acids is 1. The smallest absolute Gasteiger partial charge is 0.281 e. The molecule has 0 atom stereocenters. The lowest BCUT2D eigenvalue weighted by Gasteiger charge is -1.99. The molecule has 0 aliphatic carbocycles. The first-order chi connectivity index (χ1) is 6.07. The van der Waals surface area contributed by atoms with Crippen LogP contribution < -0.4 is 0 Å². The summed E-state index contributed by atoms with van der Waals surface area (Å²) in [5.74, 6) is -0.352. The highest BCUT2D eigenvalue weighted by Gasteiger charge is 2.18. The summed E-state index contributed by atoms with van der Waals surface area (Å²) >= 11 is 5.46. The standard InChI is InChI=1S/C7H4ClNO4/c8-7-4(3-10)5(9(12)13)1-2-6(7)11/h1-3,11H. The molecule has 1 aromatic carbocycles. The van der Waals surface area contributed by atoms with E-state index in [4.69, 9.17) is 16.7 Å². The van der Waals surface area contributed by atoms with Gasteiger partial charge in [0.05, 0.1) is 9.95 Å². The third-order valence-corrected chi connectivity index (χ3v) is 1.85. The Morgan fingerprint density at radius 3 is 2.62 bits per heavy atom. The van der Waals surface area contributed by atoms with Gasteiger partial charge in [0, 0.05) is 6.07 Å². The number of rotatable bonds is 2. The van der Waals surface area contributed by atoms with Gasteiger partial charge in [-0.3, -0.25) is 14.9 Å². The number of phenols is 1. The van der Waals surface area contributed by atoms with E-state index in [0.717, 1.165) is 12.1 Å². The van der Waals surface area contributed by atoms with Crippen molar-refractivity contribution in [3.63, 3.8) is 0 Å². The van der Waals surface area contributed by atoms with Crippen molar-refractivity contribution in [2.24, 2.45) is 0 Å². The summed E-state index contributed by atoms with van der Waals surface area (Å²) in [6.45, 7) is 0. The Bertz CT molecular complexity index is 377. The number of benzene rings is 1. The fourth-order valence-corrected chi connectivity index (χ4v) is 1.05. The van der Waals surface area contributed by atoms with E-state index < -0.39 is 10.6 Å². The normalized spacial score (nSPS) is 9.62. The largest absolute Gasteiger partial charge is 0.506 e. The monoisotopic (exact) mass is 201 g/mol. The van der Waals surface area contributed by atoms with Gasteiger partial charge in [0.1, 0.15) is 11.3 Å². The molecule has 1 aromatic rings. The van der Waals surface area contributed by atoms with Gasteiger partial charge in [-0.15, -0.1) is 0 Å². The number of nitrogens with zero attached hydrogens (tertiary/aromatic N) is 1. The number of hydrogen-bond acceptors (Lipinski definition) is 4. The van der Waals surface area contributed by atoms with E-state index in [0.29, 0.717) is 0 Å². The van der Waals surface area contributed by atoms with Crippen LogP contribution in [0.5, 0.6) is 5.75 Å². The number of hydrogen-bond donors (Lipinski definition) is 1. The van der Waals surface area contributed by atoms with E-state index in [1.165, 1.54) is 0 Å². The molecule has 1 rings (SSSR count). The first-order valence-corrected chi connectivity index (χ1v) is 3.56. The van der Waals surface area contributed by atoms with Gasteiger partial charge in [-0.25, -0.2) is 0 Å². The van der Waals surface area contributed by atoms with Crippen LogP contribution in [0.2, 0.25) is 5.02 Å². The molecule has 0 aliphatic heterocycles. The number of carbonyl (C=O) groups is 1. The summed E-state index contributed by atoms with van der Waals surface area (Å²) in [4.78, 5) is 20.0. The maximum absolute atomic E-state index is 10.4. The summed E-state index contributed by atoms with van der Waals surface area (Å²) in [6, 6.07) is 2.08. The van der Waals surface area contributed by atoms with Crippen LogP contribution in [-0.2, 0) is 0 Å². The minimum atomic E-state index is -0.741. The van der Waals surface area contributed by atoms with Crippen LogP contribution in [0.15, 0.2) is 12.1 Å². The zero-order valence-electron chi connectivity index (χ0n) is 6.23. The Hall–Kier alpha value is -1.62. The summed E-state index contributed by atoms with van der Waals surface area (Å²) < 4.78 is 0.